The third-order valence-corrected chi connectivity index (χ3v) is 3.98. The Morgan fingerprint density at radius 3 is 2.50 bits per heavy atom. The van der Waals surface area contributed by atoms with Crippen LogP contribution in [0.15, 0.2) is 48.7 Å². The number of methoxy groups -OCH3 is 1. The Balaban J connectivity index is 2.34. The quantitative estimate of drug-likeness (QED) is 0.278. The van der Waals surface area contributed by atoms with Crippen LogP contribution >= 0.6 is 0 Å². The third-order valence-electron chi connectivity index (χ3n) is 3.98. The molecule has 1 amide bonds. The van der Waals surface area contributed by atoms with Crippen molar-refractivity contribution in [3.8, 4) is 23.0 Å². The minimum atomic E-state index is -1.27. The van der Waals surface area contributed by atoms with Gasteiger partial charge in [-0.25, -0.2) is 4.79 Å². The van der Waals surface area contributed by atoms with E-state index in [1.807, 2.05) is 0 Å². The monoisotopic (exact) mass is 443 g/mol. The Morgan fingerprint density at radius 1 is 1.16 bits per heavy atom. The molecular formula is C22H25N3O7. The zero-order chi connectivity index (χ0) is 23.7. The molecule has 0 saturated heterocycles. The summed E-state index contributed by atoms with van der Waals surface area (Å²) in [5, 5.41) is 31.9. The molecule has 10 nitrogen and oxygen atoms in total. The summed E-state index contributed by atoms with van der Waals surface area (Å²) in [5.74, 6) is -1.73. The molecule has 32 heavy (non-hydrogen) atoms. The molecule has 0 aliphatic rings. The molecule has 1 unspecified atom stereocenters. The van der Waals surface area contributed by atoms with Crippen molar-refractivity contribution in [2.45, 2.75) is 13.0 Å². The highest BCUT2D eigenvalue weighted by atomic mass is 16.5. The number of ether oxygens (including phenoxy) is 3. The van der Waals surface area contributed by atoms with Crippen LogP contribution in [-0.4, -0.2) is 54.8 Å². The minimum Gasteiger partial charge on any atom is -0.507 e. The second-order valence-electron chi connectivity index (χ2n) is 6.65. The van der Waals surface area contributed by atoms with Crippen LogP contribution in [0.2, 0.25) is 0 Å². The number of aromatic carboxylic acids is 1. The zero-order valence-corrected chi connectivity index (χ0v) is 17.8. The van der Waals surface area contributed by atoms with Gasteiger partial charge in [-0.3, -0.25) is 10.2 Å². The maximum absolute atomic E-state index is 12.6. The number of nitrogens with one attached hydrogen (secondary N) is 3. The van der Waals surface area contributed by atoms with E-state index in [-0.39, 0.29) is 34.6 Å². The van der Waals surface area contributed by atoms with E-state index in [2.05, 4.69) is 10.6 Å². The number of carbonyl (C=O) groups is 2. The van der Waals surface area contributed by atoms with Gasteiger partial charge in [0.15, 0.2) is 0 Å². The van der Waals surface area contributed by atoms with E-state index in [4.69, 9.17) is 24.7 Å². The highest BCUT2D eigenvalue weighted by Crippen LogP contribution is 2.31. The molecule has 1 atom stereocenters. The van der Waals surface area contributed by atoms with Gasteiger partial charge in [-0.05, 0) is 43.5 Å². The summed E-state index contributed by atoms with van der Waals surface area (Å²) in [6, 6.07) is 8.20. The molecule has 2 aromatic rings. The van der Waals surface area contributed by atoms with Gasteiger partial charge in [-0.15, -0.1) is 0 Å². The fraction of sp³-hybridized carbons (Fsp3) is 0.227. The number of rotatable bonds is 10. The fourth-order valence-corrected chi connectivity index (χ4v) is 2.63. The van der Waals surface area contributed by atoms with E-state index < -0.39 is 17.6 Å². The Labute approximate surface area is 184 Å². The molecular weight excluding hydrogens is 418 g/mol. The molecule has 0 radical (unpaired) electrons. The predicted molar refractivity (Wildman–Crippen MR) is 117 cm³/mol. The minimum absolute atomic E-state index is 0.125. The van der Waals surface area contributed by atoms with Crippen LogP contribution < -0.4 is 20.1 Å². The lowest BCUT2D eigenvalue weighted by Crippen LogP contribution is -2.28. The largest absolute Gasteiger partial charge is 0.507 e. The summed E-state index contributed by atoms with van der Waals surface area (Å²) in [6.07, 6.45) is 2.56. The number of carboxylic acids is 1. The van der Waals surface area contributed by atoms with Gasteiger partial charge in [0.2, 0.25) is 0 Å². The molecule has 0 aliphatic carbocycles. The number of carbonyl (C=O) groups excluding carboxylic acids is 1. The molecule has 2 rings (SSSR count). The van der Waals surface area contributed by atoms with Crippen molar-refractivity contribution in [3.05, 3.63) is 59.8 Å². The molecule has 0 aliphatic heterocycles. The van der Waals surface area contributed by atoms with Gasteiger partial charge < -0.3 is 35.1 Å². The first kappa shape index (κ1) is 24.2. The molecule has 5 N–H and O–H groups in total. The van der Waals surface area contributed by atoms with Gasteiger partial charge in [-0.1, -0.05) is 0 Å². The van der Waals surface area contributed by atoms with E-state index in [0.717, 1.165) is 6.07 Å². The number of phenols is 1. The van der Waals surface area contributed by atoms with Crippen molar-refractivity contribution in [2.24, 2.45) is 0 Å². The molecule has 10 heteroatoms. The van der Waals surface area contributed by atoms with Crippen LogP contribution in [0.1, 0.15) is 27.6 Å². The summed E-state index contributed by atoms with van der Waals surface area (Å²) in [6.45, 7) is 2.11. The van der Waals surface area contributed by atoms with Crippen molar-refractivity contribution in [2.75, 3.05) is 20.8 Å². The van der Waals surface area contributed by atoms with Crippen molar-refractivity contribution in [1.29, 1.82) is 5.41 Å². The fourth-order valence-electron chi connectivity index (χ4n) is 2.63. The molecule has 0 saturated carbocycles. The first-order valence-electron chi connectivity index (χ1n) is 9.52. The lowest BCUT2D eigenvalue weighted by Gasteiger charge is -2.16. The van der Waals surface area contributed by atoms with Crippen LogP contribution in [0.4, 0.5) is 0 Å². The molecule has 0 aromatic heterocycles. The second-order valence-corrected chi connectivity index (χ2v) is 6.65. The van der Waals surface area contributed by atoms with E-state index in [1.165, 1.54) is 49.7 Å². The molecule has 0 spiro atoms. The number of hydrogen-bond donors (Lipinski definition) is 5. The zero-order valence-electron chi connectivity index (χ0n) is 17.8. The van der Waals surface area contributed by atoms with Gasteiger partial charge >= 0.3 is 5.97 Å². The molecule has 170 valence electrons. The second kappa shape index (κ2) is 11.4. The van der Waals surface area contributed by atoms with Crippen molar-refractivity contribution < 1.29 is 34.0 Å². The van der Waals surface area contributed by atoms with Crippen LogP contribution in [0, 0.1) is 5.41 Å². The lowest BCUT2D eigenvalue weighted by molar-refractivity contribution is 0.0693. The number of aromatic hydroxyl groups is 1. The van der Waals surface area contributed by atoms with Crippen LogP contribution in [0.5, 0.6) is 23.0 Å². The molecule has 0 fully saturated rings. The maximum atomic E-state index is 12.6. The summed E-state index contributed by atoms with van der Waals surface area (Å²) in [4.78, 5) is 23.7. The Bertz CT molecular complexity index is 1020. The number of amidine groups is 1. The van der Waals surface area contributed by atoms with Crippen LogP contribution in [0.25, 0.3) is 0 Å². The van der Waals surface area contributed by atoms with Gasteiger partial charge in [0.25, 0.3) is 5.91 Å². The number of amides is 1. The topological polar surface area (TPSA) is 150 Å². The van der Waals surface area contributed by atoms with E-state index >= 15 is 0 Å². The Morgan fingerprint density at radius 2 is 1.88 bits per heavy atom. The van der Waals surface area contributed by atoms with Crippen molar-refractivity contribution >= 4 is 17.7 Å². The Hall–Kier alpha value is -4.05. The first-order valence-corrected chi connectivity index (χ1v) is 9.52. The van der Waals surface area contributed by atoms with Gasteiger partial charge in [0.1, 0.15) is 40.5 Å². The summed E-state index contributed by atoms with van der Waals surface area (Å²) in [5.41, 5.74) is -0.105. The van der Waals surface area contributed by atoms with Crippen LogP contribution in [0.3, 0.4) is 0 Å². The summed E-state index contributed by atoms with van der Waals surface area (Å²) < 4.78 is 16.6. The van der Waals surface area contributed by atoms with E-state index in [1.54, 1.807) is 14.0 Å². The van der Waals surface area contributed by atoms with Gasteiger partial charge in [0.05, 0.1) is 6.61 Å². The van der Waals surface area contributed by atoms with Crippen molar-refractivity contribution in [3.63, 3.8) is 0 Å². The average molecular weight is 443 g/mol. The van der Waals surface area contributed by atoms with E-state index in [0.29, 0.717) is 12.4 Å². The summed E-state index contributed by atoms with van der Waals surface area (Å²) in [7, 11) is 3.20. The standard InChI is InChI=1S/C22H25N3O7/c1-13(12-30-3)31-16-8-14(21(27)25-20(23)6-7-24-2)9-17(10-16)32-15-4-5-18(22(28)29)19(26)11-15/h4-11,13,24,26H,12H2,1-3H3,(H,28,29)(H2,23,25,27)/b7-6-. The number of carboxylic acid groups (broad SMARTS) is 1. The Kier molecular flexibility index (Phi) is 8.61. The van der Waals surface area contributed by atoms with Crippen molar-refractivity contribution in [1.82, 2.24) is 10.6 Å². The molecule has 0 heterocycles. The smallest absolute Gasteiger partial charge is 0.339 e. The van der Waals surface area contributed by atoms with E-state index in [9.17, 15) is 14.7 Å². The predicted octanol–water partition coefficient (Wildman–Crippen LogP) is 2.74. The number of hydrogen-bond acceptors (Lipinski definition) is 8. The maximum Gasteiger partial charge on any atom is 0.339 e. The highest BCUT2D eigenvalue weighted by molar-refractivity contribution is 6.09. The lowest BCUT2D eigenvalue weighted by atomic mass is 10.1. The first-order chi connectivity index (χ1) is 15.2. The highest BCUT2D eigenvalue weighted by Gasteiger charge is 2.15. The van der Waals surface area contributed by atoms with Gasteiger partial charge in [0, 0.05) is 31.9 Å². The SMILES string of the molecule is CN/C=C\C(=N)NC(=O)c1cc(Oc2ccc(C(=O)O)c(O)c2)cc(OC(C)COC)c1. The van der Waals surface area contributed by atoms with Gasteiger partial charge in [-0.2, -0.15) is 0 Å². The molecule has 0 bridgehead atoms. The summed E-state index contributed by atoms with van der Waals surface area (Å²) >= 11 is 0. The number of benzene rings is 2. The average Bonchev–Trinajstić information content (AvgIpc) is 2.72. The normalized spacial score (nSPS) is 11.6. The van der Waals surface area contributed by atoms with Crippen LogP contribution in [-0.2, 0) is 4.74 Å². The molecule has 2 aromatic carbocycles. The third kappa shape index (κ3) is 7.03.